The normalized spacial score (nSPS) is 28.5. The number of hydrogen-bond donors (Lipinski definition) is 1. The third kappa shape index (κ3) is 2.51. The van der Waals surface area contributed by atoms with Gasteiger partial charge in [0.1, 0.15) is 0 Å². The summed E-state index contributed by atoms with van der Waals surface area (Å²) in [6.45, 7) is 9.04. The molecule has 2 N–H and O–H groups in total. The zero-order chi connectivity index (χ0) is 13.4. The maximum atomic E-state index is 6.20. The molecule has 1 aliphatic heterocycles. The van der Waals surface area contributed by atoms with Gasteiger partial charge >= 0.3 is 0 Å². The Morgan fingerprint density at radius 3 is 2.95 bits per heavy atom. The van der Waals surface area contributed by atoms with Gasteiger partial charge in [-0.1, -0.05) is 18.3 Å². The summed E-state index contributed by atoms with van der Waals surface area (Å²) >= 11 is 1.83. The topological polar surface area (TPSA) is 45.4 Å². The summed E-state index contributed by atoms with van der Waals surface area (Å²) in [5, 5.41) is 1.20. The number of nitrogens with zero attached hydrogens (tertiary/aromatic N) is 3. The molecule has 106 valence electrons. The Hall–Kier alpha value is -0.650. The van der Waals surface area contributed by atoms with Crippen LogP contribution in [0.4, 0.5) is 5.13 Å². The minimum absolute atomic E-state index is 0.226. The maximum Gasteiger partial charge on any atom is 0.185 e. The fraction of sp³-hybridized carbons (Fsp3) is 0.786. The first-order chi connectivity index (χ1) is 9.19. The molecule has 0 bridgehead atoms. The largest absolute Gasteiger partial charge is 0.345 e. The molecular formula is C14H24N4S. The summed E-state index contributed by atoms with van der Waals surface area (Å²) in [5.74, 6) is 0. The summed E-state index contributed by atoms with van der Waals surface area (Å²) in [5.41, 5.74) is 7.47. The van der Waals surface area contributed by atoms with Crippen molar-refractivity contribution in [1.29, 1.82) is 0 Å². The molecule has 0 spiro atoms. The third-order valence-corrected chi connectivity index (χ3v) is 5.71. The van der Waals surface area contributed by atoms with E-state index < -0.39 is 0 Å². The van der Waals surface area contributed by atoms with E-state index in [2.05, 4.69) is 23.6 Å². The van der Waals surface area contributed by atoms with Crippen molar-refractivity contribution in [3.63, 3.8) is 0 Å². The number of rotatable bonds is 2. The summed E-state index contributed by atoms with van der Waals surface area (Å²) in [4.78, 5) is 11.2. The molecule has 1 fully saturated rings. The second-order valence-electron chi connectivity index (χ2n) is 5.73. The molecule has 19 heavy (non-hydrogen) atoms. The Morgan fingerprint density at radius 1 is 1.42 bits per heavy atom. The average molecular weight is 280 g/mol. The number of hydrogen-bond acceptors (Lipinski definition) is 5. The first-order valence-electron chi connectivity index (χ1n) is 7.43. The van der Waals surface area contributed by atoms with E-state index in [0.717, 1.165) is 39.0 Å². The number of thiazole rings is 1. The monoisotopic (exact) mass is 280 g/mol. The van der Waals surface area contributed by atoms with Crippen molar-refractivity contribution in [2.75, 3.05) is 31.1 Å². The van der Waals surface area contributed by atoms with E-state index in [1.807, 2.05) is 11.3 Å². The van der Waals surface area contributed by atoms with Crippen LogP contribution in [0.15, 0.2) is 0 Å². The number of anilines is 1. The highest BCUT2D eigenvalue weighted by atomic mass is 32.1. The van der Waals surface area contributed by atoms with Crippen molar-refractivity contribution in [1.82, 2.24) is 9.88 Å². The van der Waals surface area contributed by atoms with Crippen LogP contribution in [-0.4, -0.2) is 42.1 Å². The highest BCUT2D eigenvalue weighted by Crippen LogP contribution is 2.36. The van der Waals surface area contributed by atoms with E-state index in [1.165, 1.54) is 22.1 Å². The van der Waals surface area contributed by atoms with Crippen molar-refractivity contribution in [3.05, 3.63) is 10.6 Å². The number of piperazine rings is 1. The lowest BCUT2D eigenvalue weighted by Crippen LogP contribution is -2.51. The molecule has 5 heteroatoms. The van der Waals surface area contributed by atoms with Crippen molar-refractivity contribution < 1.29 is 0 Å². The van der Waals surface area contributed by atoms with Crippen LogP contribution in [0.25, 0.3) is 0 Å². The zero-order valence-electron chi connectivity index (χ0n) is 11.9. The molecule has 3 rings (SSSR count). The predicted molar refractivity (Wildman–Crippen MR) is 80.9 cm³/mol. The van der Waals surface area contributed by atoms with Gasteiger partial charge in [-0.2, -0.15) is 0 Å². The minimum Gasteiger partial charge on any atom is -0.345 e. The number of likely N-dealkylation sites (N-methyl/N-ethyl adjacent to an activating group) is 1. The van der Waals surface area contributed by atoms with Crippen LogP contribution in [0.1, 0.15) is 43.3 Å². The second kappa shape index (κ2) is 5.38. The molecule has 1 aromatic heterocycles. The van der Waals surface area contributed by atoms with Gasteiger partial charge in [0, 0.05) is 36.6 Å². The zero-order valence-corrected chi connectivity index (χ0v) is 12.7. The SMILES string of the molecule is CCN1CCN(c2nc3c(s2)C(N)CCC3)CC1C. The first-order valence-corrected chi connectivity index (χ1v) is 8.25. The van der Waals surface area contributed by atoms with Crippen molar-refractivity contribution >= 4 is 16.5 Å². The van der Waals surface area contributed by atoms with E-state index in [9.17, 15) is 0 Å². The van der Waals surface area contributed by atoms with Crippen molar-refractivity contribution in [3.8, 4) is 0 Å². The van der Waals surface area contributed by atoms with Gasteiger partial charge in [-0.15, -0.1) is 0 Å². The molecule has 1 aliphatic carbocycles. The summed E-state index contributed by atoms with van der Waals surface area (Å²) < 4.78 is 0. The molecule has 0 amide bonds. The molecule has 1 aromatic rings. The Morgan fingerprint density at radius 2 is 2.26 bits per heavy atom. The highest BCUT2D eigenvalue weighted by Gasteiger charge is 2.27. The minimum atomic E-state index is 0.226. The smallest absolute Gasteiger partial charge is 0.185 e. The van der Waals surface area contributed by atoms with Gasteiger partial charge < -0.3 is 10.6 Å². The van der Waals surface area contributed by atoms with Gasteiger partial charge in [0.05, 0.1) is 5.69 Å². The lowest BCUT2D eigenvalue weighted by Gasteiger charge is -2.39. The van der Waals surface area contributed by atoms with E-state index >= 15 is 0 Å². The lowest BCUT2D eigenvalue weighted by molar-refractivity contribution is 0.199. The van der Waals surface area contributed by atoms with Crippen LogP contribution < -0.4 is 10.6 Å². The van der Waals surface area contributed by atoms with Gasteiger partial charge in [0.2, 0.25) is 0 Å². The Bertz CT molecular complexity index is 445. The third-order valence-electron chi connectivity index (χ3n) is 4.42. The number of nitrogens with two attached hydrogens (primary N) is 1. The van der Waals surface area contributed by atoms with E-state index in [0.29, 0.717) is 6.04 Å². The Balaban J connectivity index is 1.76. The average Bonchev–Trinajstić information content (AvgIpc) is 2.84. The second-order valence-corrected chi connectivity index (χ2v) is 6.74. The van der Waals surface area contributed by atoms with Gasteiger partial charge in [0.15, 0.2) is 5.13 Å². The van der Waals surface area contributed by atoms with Gasteiger partial charge in [0.25, 0.3) is 0 Å². The standard InChI is InChI=1S/C14H24N4S/c1-3-17-7-8-18(9-10(17)2)14-16-12-6-4-5-11(15)13(12)19-14/h10-11H,3-9,15H2,1-2H3. The summed E-state index contributed by atoms with van der Waals surface area (Å²) in [7, 11) is 0. The number of aryl methyl sites for hydroxylation is 1. The van der Waals surface area contributed by atoms with Crippen LogP contribution in [0.3, 0.4) is 0 Å². The molecule has 1 saturated heterocycles. The molecule has 0 saturated carbocycles. The highest BCUT2D eigenvalue weighted by molar-refractivity contribution is 7.15. The van der Waals surface area contributed by atoms with Crippen LogP contribution in [0.2, 0.25) is 0 Å². The number of fused-ring (bicyclic) bond motifs is 1. The fourth-order valence-corrected chi connectivity index (χ4v) is 4.40. The van der Waals surface area contributed by atoms with Gasteiger partial charge in [-0.05, 0) is 32.7 Å². The molecule has 0 aromatic carbocycles. The van der Waals surface area contributed by atoms with Gasteiger partial charge in [-0.25, -0.2) is 4.98 Å². The molecular weight excluding hydrogens is 256 g/mol. The molecule has 4 nitrogen and oxygen atoms in total. The fourth-order valence-electron chi connectivity index (χ4n) is 3.21. The quantitative estimate of drug-likeness (QED) is 0.900. The molecule has 2 heterocycles. The molecule has 2 atom stereocenters. The first kappa shape index (κ1) is 13.3. The van der Waals surface area contributed by atoms with E-state index in [1.54, 1.807) is 0 Å². The molecule has 2 aliphatic rings. The van der Waals surface area contributed by atoms with Crippen LogP contribution in [0.5, 0.6) is 0 Å². The Labute approximate surface area is 119 Å². The van der Waals surface area contributed by atoms with Crippen LogP contribution in [-0.2, 0) is 6.42 Å². The van der Waals surface area contributed by atoms with Crippen molar-refractivity contribution in [2.24, 2.45) is 5.73 Å². The number of aromatic nitrogens is 1. The van der Waals surface area contributed by atoms with Crippen molar-refractivity contribution in [2.45, 2.75) is 45.2 Å². The molecule has 0 radical (unpaired) electrons. The van der Waals surface area contributed by atoms with Crippen LogP contribution in [0, 0.1) is 0 Å². The summed E-state index contributed by atoms with van der Waals surface area (Å²) in [6.07, 6.45) is 3.43. The predicted octanol–water partition coefficient (Wildman–Crippen LogP) is 2.01. The molecule has 2 unspecified atom stereocenters. The van der Waals surface area contributed by atoms with Gasteiger partial charge in [-0.3, -0.25) is 4.90 Å². The van der Waals surface area contributed by atoms with E-state index in [4.69, 9.17) is 10.7 Å². The Kier molecular flexibility index (Phi) is 3.78. The lowest BCUT2D eigenvalue weighted by atomic mass is 9.99. The van der Waals surface area contributed by atoms with Crippen LogP contribution >= 0.6 is 11.3 Å². The van der Waals surface area contributed by atoms with E-state index in [-0.39, 0.29) is 6.04 Å². The maximum absolute atomic E-state index is 6.20. The summed E-state index contributed by atoms with van der Waals surface area (Å²) in [6, 6.07) is 0.845.